The van der Waals surface area contributed by atoms with E-state index in [1.807, 2.05) is 0 Å². The van der Waals surface area contributed by atoms with E-state index in [4.69, 9.17) is 0 Å². The largest absolute Gasteiger partial charge is 0.545 e. The molecule has 0 aromatic heterocycles. The van der Waals surface area contributed by atoms with Crippen LogP contribution in [0.1, 0.15) is 27.2 Å². The fourth-order valence-electron chi connectivity index (χ4n) is 1.46. The third-order valence-corrected chi connectivity index (χ3v) is 2.96. The van der Waals surface area contributed by atoms with E-state index < -0.39 is 5.97 Å². The van der Waals surface area contributed by atoms with Crippen LogP contribution < -0.4 is 5.11 Å². The normalized spacial score (nSPS) is 17.4. The van der Waals surface area contributed by atoms with Gasteiger partial charge in [0.25, 0.3) is 0 Å². The van der Waals surface area contributed by atoms with Crippen LogP contribution in [-0.2, 0) is 4.79 Å². The monoisotopic (exact) mass is 199 g/mol. The molecule has 0 amide bonds. The van der Waals surface area contributed by atoms with Gasteiger partial charge in [-0.25, -0.2) is 0 Å². The molecule has 82 valence electrons. The molecule has 1 heterocycles. The number of carbonyl (C=O) groups is 1. The summed E-state index contributed by atoms with van der Waals surface area (Å²) in [7, 11) is 0. The van der Waals surface area contributed by atoms with Gasteiger partial charge >= 0.3 is 0 Å². The van der Waals surface area contributed by atoms with Crippen molar-refractivity contribution in [2.24, 2.45) is 0 Å². The molecule has 0 aromatic rings. The molecule has 0 bridgehead atoms. The van der Waals surface area contributed by atoms with Crippen molar-refractivity contribution in [1.82, 2.24) is 0 Å². The second kappa shape index (κ2) is 5.81. The second-order valence-electron chi connectivity index (χ2n) is 3.84. The molecule has 0 aromatic carbocycles. The molecule has 3 heteroatoms. The van der Waals surface area contributed by atoms with E-state index in [0.717, 1.165) is 0 Å². The first-order chi connectivity index (χ1) is 6.47. The second-order valence-corrected chi connectivity index (χ2v) is 3.84. The van der Waals surface area contributed by atoms with Gasteiger partial charge in [-0.1, -0.05) is 6.58 Å². The Labute approximate surface area is 86.6 Å². The average Bonchev–Trinajstić information content (AvgIpc) is 2.05. The molecular formula is C11H21NO2. The molecule has 1 saturated heterocycles. The summed E-state index contributed by atoms with van der Waals surface area (Å²) in [5.74, 6) is -1.19. The lowest BCUT2D eigenvalue weighted by Crippen LogP contribution is -2.57. The molecule has 0 N–H and O–H groups in total. The van der Waals surface area contributed by atoms with Crippen molar-refractivity contribution in [3.63, 3.8) is 0 Å². The third kappa shape index (κ3) is 3.92. The van der Waals surface area contributed by atoms with E-state index in [2.05, 4.69) is 20.4 Å². The van der Waals surface area contributed by atoms with E-state index in [9.17, 15) is 9.90 Å². The van der Waals surface area contributed by atoms with Gasteiger partial charge < -0.3 is 14.4 Å². The topological polar surface area (TPSA) is 40.1 Å². The first-order valence-electron chi connectivity index (χ1n) is 5.19. The maximum absolute atomic E-state index is 9.49. The van der Waals surface area contributed by atoms with Crippen LogP contribution in [0.2, 0.25) is 0 Å². The Bertz CT molecular complexity index is 182. The molecule has 1 fully saturated rings. The quantitative estimate of drug-likeness (QED) is 0.492. The van der Waals surface area contributed by atoms with Crippen LogP contribution >= 0.6 is 0 Å². The van der Waals surface area contributed by atoms with Gasteiger partial charge in [0.1, 0.15) is 0 Å². The Morgan fingerprint density at radius 3 is 1.71 bits per heavy atom. The zero-order chi connectivity index (χ0) is 11.2. The number of likely N-dealkylation sites (tertiary alicyclic amines) is 1. The van der Waals surface area contributed by atoms with Crippen molar-refractivity contribution in [2.75, 3.05) is 26.2 Å². The third-order valence-electron chi connectivity index (χ3n) is 2.96. The maximum Gasteiger partial charge on any atom is 0.0840 e. The van der Waals surface area contributed by atoms with Crippen molar-refractivity contribution in [2.45, 2.75) is 27.2 Å². The molecule has 1 rings (SSSR count). The first-order valence-corrected chi connectivity index (χ1v) is 5.19. The highest BCUT2D eigenvalue weighted by molar-refractivity contribution is 5.82. The molecule has 0 spiro atoms. The zero-order valence-corrected chi connectivity index (χ0v) is 9.51. The number of carbonyl (C=O) groups excluding carboxylic acids is 1. The Morgan fingerprint density at radius 2 is 1.71 bits per heavy atom. The summed E-state index contributed by atoms with van der Waals surface area (Å²) >= 11 is 0. The van der Waals surface area contributed by atoms with Crippen molar-refractivity contribution in [1.29, 1.82) is 0 Å². The minimum Gasteiger partial charge on any atom is -0.545 e. The summed E-state index contributed by atoms with van der Waals surface area (Å²) in [6, 6.07) is 0. The van der Waals surface area contributed by atoms with E-state index in [0.29, 0.717) is 0 Å². The van der Waals surface area contributed by atoms with Crippen molar-refractivity contribution >= 4 is 5.97 Å². The number of nitrogens with zero attached hydrogens (tertiary/aromatic N) is 1. The lowest BCUT2D eigenvalue weighted by Gasteiger charge is -2.44. The summed E-state index contributed by atoms with van der Waals surface area (Å²) < 4.78 is 1.39. The highest BCUT2D eigenvalue weighted by Gasteiger charge is 2.30. The number of hydrogen-bond donors (Lipinski definition) is 0. The molecule has 0 atom stereocenters. The highest BCUT2D eigenvalue weighted by Crippen LogP contribution is 2.17. The van der Waals surface area contributed by atoms with E-state index >= 15 is 0 Å². The molecule has 3 nitrogen and oxygen atoms in total. The molecule has 0 saturated carbocycles. The highest BCUT2D eigenvalue weighted by atomic mass is 16.4. The van der Waals surface area contributed by atoms with Gasteiger partial charge in [-0.2, -0.15) is 0 Å². The molecule has 1 aliphatic rings. The predicted octanol–water partition coefficient (Wildman–Crippen LogP) is 0.559. The number of carboxylic acids is 1. The SMILES string of the molecule is C=C(C)C(=O)[O-].CC[N+]1(CC)CCC1. The Balaban J connectivity index is 0.000000255. The summed E-state index contributed by atoms with van der Waals surface area (Å²) in [4.78, 5) is 9.49. The van der Waals surface area contributed by atoms with Gasteiger partial charge in [-0.15, -0.1) is 0 Å². The zero-order valence-electron chi connectivity index (χ0n) is 9.51. The van der Waals surface area contributed by atoms with E-state index in [1.165, 1.54) is 44.0 Å². The van der Waals surface area contributed by atoms with Gasteiger partial charge in [0.15, 0.2) is 0 Å². The van der Waals surface area contributed by atoms with Crippen LogP contribution in [0.4, 0.5) is 0 Å². The van der Waals surface area contributed by atoms with Crippen LogP contribution in [0.25, 0.3) is 0 Å². The average molecular weight is 199 g/mol. The van der Waals surface area contributed by atoms with Crippen LogP contribution in [0.3, 0.4) is 0 Å². The summed E-state index contributed by atoms with van der Waals surface area (Å²) in [6.45, 7) is 14.6. The predicted molar refractivity (Wildman–Crippen MR) is 55.5 cm³/mol. The number of quaternary nitrogens is 1. The van der Waals surface area contributed by atoms with Gasteiger partial charge in [0.2, 0.25) is 0 Å². The van der Waals surface area contributed by atoms with Gasteiger partial charge in [-0.05, 0) is 26.3 Å². The summed E-state index contributed by atoms with van der Waals surface area (Å²) in [5, 5.41) is 9.49. The Kier molecular flexibility index (Phi) is 5.46. The molecular weight excluding hydrogens is 178 g/mol. The maximum atomic E-state index is 9.49. The summed E-state index contributed by atoms with van der Waals surface area (Å²) in [6.07, 6.45) is 1.46. The smallest absolute Gasteiger partial charge is 0.0840 e. The fraction of sp³-hybridized carbons (Fsp3) is 0.727. The molecule has 0 unspecified atom stereocenters. The van der Waals surface area contributed by atoms with Crippen LogP contribution in [0, 0.1) is 0 Å². The van der Waals surface area contributed by atoms with Crippen LogP contribution in [-0.4, -0.2) is 36.6 Å². The van der Waals surface area contributed by atoms with Crippen LogP contribution in [0.5, 0.6) is 0 Å². The van der Waals surface area contributed by atoms with E-state index in [-0.39, 0.29) is 5.57 Å². The Hall–Kier alpha value is -0.830. The molecule has 0 aliphatic carbocycles. The van der Waals surface area contributed by atoms with Crippen molar-refractivity contribution in [3.8, 4) is 0 Å². The molecule has 14 heavy (non-hydrogen) atoms. The minimum absolute atomic E-state index is 0.0648. The first kappa shape index (κ1) is 13.2. The van der Waals surface area contributed by atoms with Gasteiger partial charge in [-0.3, -0.25) is 0 Å². The number of hydrogen-bond acceptors (Lipinski definition) is 2. The number of aliphatic carboxylic acids is 1. The lowest BCUT2D eigenvalue weighted by molar-refractivity contribution is -0.960. The van der Waals surface area contributed by atoms with Gasteiger partial charge in [0, 0.05) is 6.42 Å². The number of rotatable bonds is 3. The van der Waals surface area contributed by atoms with Gasteiger partial charge in [0.05, 0.1) is 32.1 Å². The Morgan fingerprint density at radius 1 is 1.36 bits per heavy atom. The van der Waals surface area contributed by atoms with Crippen LogP contribution in [0.15, 0.2) is 12.2 Å². The molecule has 0 radical (unpaired) electrons. The van der Waals surface area contributed by atoms with E-state index in [1.54, 1.807) is 0 Å². The standard InChI is InChI=1S/C7H16N.C4H6O2/c1-3-8(4-2)6-5-7-8;1-3(2)4(5)6/h3-7H2,1-2H3;1H2,2H3,(H,5,6)/q+1;/p-1. The minimum atomic E-state index is -1.19. The van der Waals surface area contributed by atoms with Crippen molar-refractivity contribution in [3.05, 3.63) is 12.2 Å². The lowest BCUT2D eigenvalue weighted by atomic mass is 10.1. The fourth-order valence-corrected chi connectivity index (χ4v) is 1.46. The number of carboxylic acid groups (broad SMARTS) is 1. The molecule has 1 aliphatic heterocycles. The summed E-state index contributed by atoms with van der Waals surface area (Å²) in [5.41, 5.74) is 0.0648. The van der Waals surface area contributed by atoms with Crippen molar-refractivity contribution < 1.29 is 14.4 Å².